The maximum atomic E-state index is 13.7. The van der Waals surface area contributed by atoms with Crippen LogP contribution in [-0.2, 0) is 15.3 Å². The van der Waals surface area contributed by atoms with Crippen molar-refractivity contribution in [1.29, 1.82) is 0 Å². The molecule has 0 spiro atoms. The Balaban J connectivity index is 1.56. The van der Waals surface area contributed by atoms with Gasteiger partial charge >= 0.3 is 5.91 Å². The number of benzene rings is 3. The minimum absolute atomic E-state index is 0.0575. The Labute approximate surface area is 270 Å². The minimum Gasteiger partial charge on any atom is -0.507 e. The standard InChI is InChI=1S/C34H35N3O6S2/c1-5-18-43-25-15-12-23(13-16-25)30(38)28-29(24-14-17-26(41-6-2)27(19-24)42-7-3)37(32(40)31(28)39)33-35-36-34(45-33)44-20-22-10-8-21(4)9-11-22/h8-17,19,29,38H,5-7,18,20H2,1-4H3. The van der Waals surface area contributed by atoms with Crippen LogP contribution < -0.4 is 19.1 Å². The minimum atomic E-state index is -0.987. The average molecular weight is 646 g/mol. The van der Waals surface area contributed by atoms with Gasteiger partial charge in [-0.3, -0.25) is 14.5 Å². The maximum absolute atomic E-state index is 13.7. The van der Waals surface area contributed by atoms with Gasteiger partial charge in [0.2, 0.25) is 5.13 Å². The number of carbonyl (C=O) groups is 2. The van der Waals surface area contributed by atoms with Crippen LogP contribution in [0.15, 0.2) is 76.6 Å². The van der Waals surface area contributed by atoms with E-state index in [0.29, 0.717) is 58.3 Å². The van der Waals surface area contributed by atoms with E-state index in [2.05, 4.69) is 34.5 Å². The molecule has 1 aromatic heterocycles. The van der Waals surface area contributed by atoms with Crippen molar-refractivity contribution in [2.75, 3.05) is 24.7 Å². The van der Waals surface area contributed by atoms with Gasteiger partial charge < -0.3 is 19.3 Å². The first kappa shape index (κ1) is 32.1. The number of anilines is 1. The molecule has 1 N–H and O–H groups in total. The maximum Gasteiger partial charge on any atom is 0.301 e. The Hall–Kier alpha value is -4.35. The molecule has 1 aliphatic heterocycles. The first-order chi connectivity index (χ1) is 21.8. The van der Waals surface area contributed by atoms with Gasteiger partial charge in [0.1, 0.15) is 11.5 Å². The molecule has 45 heavy (non-hydrogen) atoms. The molecule has 0 radical (unpaired) electrons. The largest absolute Gasteiger partial charge is 0.507 e. The number of ether oxygens (including phenoxy) is 3. The fourth-order valence-corrected chi connectivity index (χ4v) is 6.68. The Morgan fingerprint density at radius 3 is 2.31 bits per heavy atom. The molecule has 1 fully saturated rings. The van der Waals surface area contributed by atoms with Gasteiger partial charge in [-0.1, -0.05) is 65.9 Å². The van der Waals surface area contributed by atoms with E-state index in [1.54, 1.807) is 42.5 Å². The molecule has 9 nitrogen and oxygen atoms in total. The van der Waals surface area contributed by atoms with Crippen LogP contribution in [0.5, 0.6) is 17.2 Å². The summed E-state index contributed by atoms with van der Waals surface area (Å²) in [4.78, 5) is 28.7. The van der Waals surface area contributed by atoms with Gasteiger partial charge in [0.15, 0.2) is 15.8 Å². The van der Waals surface area contributed by atoms with Crippen LogP contribution in [0, 0.1) is 6.92 Å². The molecule has 3 aromatic carbocycles. The second kappa shape index (κ2) is 14.6. The predicted molar refractivity (Wildman–Crippen MR) is 176 cm³/mol. The molecule has 1 unspecified atom stereocenters. The number of aliphatic hydroxyl groups excluding tert-OH is 1. The van der Waals surface area contributed by atoms with Gasteiger partial charge in [0.25, 0.3) is 5.78 Å². The summed E-state index contributed by atoms with van der Waals surface area (Å²) in [5.41, 5.74) is 3.18. The number of nitrogens with zero attached hydrogens (tertiary/aromatic N) is 3. The molecule has 2 heterocycles. The third-order valence-corrected chi connectivity index (χ3v) is 9.14. The zero-order chi connectivity index (χ0) is 31.9. The summed E-state index contributed by atoms with van der Waals surface area (Å²) in [5, 5.41) is 20.5. The summed E-state index contributed by atoms with van der Waals surface area (Å²) in [6.07, 6.45) is 0.856. The first-order valence-electron chi connectivity index (χ1n) is 14.8. The van der Waals surface area contributed by atoms with E-state index >= 15 is 0 Å². The number of aryl methyl sites for hydroxylation is 1. The number of thioether (sulfide) groups is 1. The van der Waals surface area contributed by atoms with E-state index in [1.165, 1.54) is 33.6 Å². The van der Waals surface area contributed by atoms with Crippen LogP contribution in [0.1, 0.15) is 55.5 Å². The molecule has 0 bridgehead atoms. The van der Waals surface area contributed by atoms with Crippen molar-refractivity contribution in [1.82, 2.24) is 10.2 Å². The van der Waals surface area contributed by atoms with Crippen molar-refractivity contribution in [3.8, 4) is 17.2 Å². The van der Waals surface area contributed by atoms with E-state index in [9.17, 15) is 14.7 Å². The third kappa shape index (κ3) is 7.15. The van der Waals surface area contributed by atoms with Gasteiger partial charge in [0, 0.05) is 11.3 Å². The highest BCUT2D eigenvalue weighted by Gasteiger charge is 2.48. The van der Waals surface area contributed by atoms with Crippen molar-refractivity contribution >= 4 is 45.7 Å². The average Bonchev–Trinajstić information content (AvgIpc) is 3.62. The van der Waals surface area contributed by atoms with Crippen molar-refractivity contribution in [3.05, 3.63) is 94.6 Å². The van der Waals surface area contributed by atoms with Crippen molar-refractivity contribution in [2.24, 2.45) is 0 Å². The lowest BCUT2D eigenvalue weighted by Gasteiger charge is -2.23. The summed E-state index contributed by atoms with van der Waals surface area (Å²) in [6.45, 7) is 9.17. The molecule has 11 heteroatoms. The van der Waals surface area contributed by atoms with Crippen LogP contribution in [0.3, 0.4) is 0 Å². The molecule has 0 aliphatic carbocycles. The second-order valence-corrected chi connectivity index (χ2v) is 12.4. The van der Waals surface area contributed by atoms with Gasteiger partial charge in [-0.15, -0.1) is 10.2 Å². The number of amides is 1. The van der Waals surface area contributed by atoms with E-state index < -0.39 is 17.7 Å². The topological polar surface area (TPSA) is 111 Å². The number of aromatic nitrogens is 2. The SMILES string of the molecule is CCCOc1ccc(C(O)=C2C(=O)C(=O)N(c3nnc(SCc4ccc(C)cc4)s3)C2c2ccc(OCC)c(OCC)c2)cc1. The Bertz CT molecular complexity index is 1690. The lowest BCUT2D eigenvalue weighted by molar-refractivity contribution is -0.132. The predicted octanol–water partition coefficient (Wildman–Crippen LogP) is 7.35. The number of Topliss-reactive ketones (excluding diaryl/α,β-unsaturated/α-hetero) is 1. The molecule has 5 rings (SSSR count). The highest BCUT2D eigenvalue weighted by molar-refractivity contribution is 8.00. The van der Waals surface area contributed by atoms with Crippen LogP contribution in [0.25, 0.3) is 5.76 Å². The van der Waals surface area contributed by atoms with E-state index in [1.807, 2.05) is 27.7 Å². The second-order valence-electron chi connectivity index (χ2n) is 10.2. The number of hydrogen-bond donors (Lipinski definition) is 1. The summed E-state index contributed by atoms with van der Waals surface area (Å²) < 4.78 is 17.9. The number of ketones is 1. The third-order valence-electron chi connectivity index (χ3n) is 7.01. The highest BCUT2D eigenvalue weighted by atomic mass is 32.2. The number of hydrogen-bond acceptors (Lipinski definition) is 10. The number of carbonyl (C=O) groups excluding carboxylic acids is 2. The Morgan fingerprint density at radius 2 is 1.62 bits per heavy atom. The first-order valence-corrected chi connectivity index (χ1v) is 16.6. The van der Waals surface area contributed by atoms with Gasteiger partial charge in [0.05, 0.1) is 31.4 Å². The fraction of sp³-hybridized carbons (Fsp3) is 0.294. The Kier molecular flexibility index (Phi) is 10.4. The smallest absolute Gasteiger partial charge is 0.301 e. The van der Waals surface area contributed by atoms with Gasteiger partial charge in [-0.2, -0.15) is 0 Å². The number of aliphatic hydroxyl groups is 1. The molecular weight excluding hydrogens is 611 g/mol. The van der Waals surface area contributed by atoms with Crippen molar-refractivity contribution in [2.45, 2.75) is 50.3 Å². The lowest BCUT2D eigenvalue weighted by Crippen LogP contribution is -2.29. The van der Waals surface area contributed by atoms with Crippen LogP contribution in [-0.4, -0.2) is 46.8 Å². The quantitative estimate of drug-likeness (QED) is 0.0524. The highest BCUT2D eigenvalue weighted by Crippen LogP contribution is 2.45. The van der Waals surface area contributed by atoms with Crippen LogP contribution in [0.4, 0.5) is 5.13 Å². The molecular formula is C34H35N3O6S2. The molecule has 4 aromatic rings. The van der Waals surface area contributed by atoms with Gasteiger partial charge in [-0.05, 0) is 74.7 Å². The fourth-order valence-electron chi connectivity index (χ4n) is 4.86. The number of rotatable bonds is 13. The molecule has 1 aliphatic rings. The molecule has 234 valence electrons. The van der Waals surface area contributed by atoms with Crippen molar-refractivity contribution < 1.29 is 28.9 Å². The molecule has 0 saturated carbocycles. The van der Waals surface area contributed by atoms with E-state index in [0.717, 1.165) is 12.0 Å². The van der Waals surface area contributed by atoms with E-state index in [-0.39, 0.29) is 16.5 Å². The van der Waals surface area contributed by atoms with Crippen LogP contribution >= 0.6 is 23.1 Å². The molecule has 1 amide bonds. The summed E-state index contributed by atoms with van der Waals surface area (Å²) in [5.74, 6) is 0.393. The van der Waals surface area contributed by atoms with Crippen LogP contribution in [0.2, 0.25) is 0 Å². The monoisotopic (exact) mass is 645 g/mol. The molecule has 1 atom stereocenters. The van der Waals surface area contributed by atoms with Crippen molar-refractivity contribution in [3.63, 3.8) is 0 Å². The molecule has 1 saturated heterocycles. The normalized spacial score (nSPS) is 15.8. The zero-order valence-electron chi connectivity index (χ0n) is 25.6. The van der Waals surface area contributed by atoms with E-state index in [4.69, 9.17) is 14.2 Å². The lowest BCUT2D eigenvalue weighted by atomic mass is 9.95. The summed E-state index contributed by atoms with van der Waals surface area (Å²) in [6, 6.07) is 19.3. The summed E-state index contributed by atoms with van der Waals surface area (Å²) in [7, 11) is 0. The zero-order valence-corrected chi connectivity index (χ0v) is 27.2. The Morgan fingerprint density at radius 1 is 0.911 bits per heavy atom. The summed E-state index contributed by atoms with van der Waals surface area (Å²) >= 11 is 2.72. The van der Waals surface area contributed by atoms with Gasteiger partial charge in [-0.25, -0.2) is 0 Å².